The van der Waals surface area contributed by atoms with Crippen LogP contribution in [0.5, 0.6) is 0 Å². The molecule has 1 aromatic carbocycles. The van der Waals surface area contributed by atoms with Crippen molar-refractivity contribution < 1.29 is 4.79 Å². The fourth-order valence-corrected chi connectivity index (χ4v) is 4.41. The van der Waals surface area contributed by atoms with E-state index in [1.54, 1.807) is 0 Å². The third-order valence-corrected chi connectivity index (χ3v) is 5.93. The van der Waals surface area contributed by atoms with Crippen LogP contribution < -0.4 is 5.32 Å². The van der Waals surface area contributed by atoms with Gasteiger partial charge in [-0.05, 0) is 36.0 Å². The van der Waals surface area contributed by atoms with Crippen LogP contribution in [0.2, 0.25) is 0 Å². The molecule has 148 valence electrons. The van der Waals surface area contributed by atoms with Crippen LogP contribution in [0.1, 0.15) is 25.8 Å². The molecule has 2 aliphatic heterocycles. The van der Waals surface area contributed by atoms with Crippen LogP contribution >= 0.6 is 12.2 Å². The first-order valence-corrected chi connectivity index (χ1v) is 10.5. The van der Waals surface area contributed by atoms with Gasteiger partial charge in [-0.2, -0.15) is 0 Å². The van der Waals surface area contributed by atoms with Crippen LogP contribution in [0.25, 0.3) is 0 Å². The van der Waals surface area contributed by atoms with E-state index in [0.29, 0.717) is 18.4 Å². The van der Waals surface area contributed by atoms with E-state index in [4.69, 9.17) is 12.2 Å². The summed E-state index contributed by atoms with van der Waals surface area (Å²) >= 11 is 5.55. The molecule has 27 heavy (non-hydrogen) atoms. The van der Waals surface area contributed by atoms with Gasteiger partial charge in [-0.25, -0.2) is 0 Å². The quantitative estimate of drug-likeness (QED) is 0.801. The lowest BCUT2D eigenvalue weighted by molar-refractivity contribution is -0.135. The highest BCUT2D eigenvalue weighted by molar-refractivity contribution is 7.80. The van der Waals surface area contributed by atoms with Crippen LogP contribution in [0, 0.1) is 11.8 Å². The molecule has 1 amide bonds. The van der Waals surface area contributed by atoms with Crippen molar-refractivity contribution in [2.45, 2.75) is 26.8 Å². The molecular weight excluding hydrogens is 356 g/mol. The molecule has 2 aliphatic rings. The summed E-state index contributed by atoms with van der Waals surface area (Å²) in [4.78, 5) is 19.2. The van der Waals surface area contributed by atoms with E-state index in [-0.39, 0.29) is 5.91 Å². The predicted molar refractivity (Wildman–Crippen MR) is 113 cm³/mol. The molecule has 2 saturated heterocycles. The summed E-state index contributed by atoms with van der Waals surface area (Å²) in [6.07, 6.45) is 1.23. The number of nitrogens with zero attached hydrogens (tertiary/aromatic N) is 3. The number of piperazine rings is 1. The molecule has 5 nitrogen and oxygen atoms in total. The lowest BCUT2D eigenvalue weighted by Crippen LogP contribution is -2.54. The Morgan fingerprint density at radius 3 is 2.30 bits per heavy atom. The second-order valence-corrected chi connectivity index (χ2v) is 8.54. The van der Waals surface area contributed by atoms with E-state index in [1.165, 1.54) is 12.0 Å². The largest absolute Gasteiger partial charge is 0.358 e. The first-order chi connectivity index (χ1) is 13.0. The van der Waals surface area contributed by atoms with Gasteiger partial charge in [-0.1, -0.05) is 44.2 Å². The van der Waals surface area contributed by atoms with Crippen molar-refractivity contribution in [3.63, 3.8) is 0 Å². The molecule has 0 unspecified atom stereocenters. The highest BCUT2D eigenvalue weighted by atomic mass is 32.1. The van der Waals surface area contributed by atoms with Crippen molar-refractivity contribution >= 4 is 23.2 Å². The van der Waals surface area contributed by atoms with E-state index in [1.807, 2.05) is 18.2 Å². The summed E-state index contributed by atoms with van der Waals surface area (Å²) in [6, 6.07) is 10.3. The Morgan fingerprint density at radius 2 is 1.67 bits per heavy atom. The number of nitrogens with one attached hydrogen (secondary N) is 1. The maximum Gasteiger partial charge on any atom is 0.236 e. The zero-order valence-corrected chi connectivity index (χ0v) is 17.4. The Labute approximate surface area is 168 Å². The third-order valence-electron chi connectivity index (χ3n) is 5.53. The summed E-state index contributed by atoms with van der Waals surface area (Å²) in [5.74, 6) is 1.51. The van der Waals surface area contributed by atoms with E-state index >= 15 is 0 Å². The predicted octanol–water partition coefficient (Wildman–Crippen LogP) is 2.18. The van der Waals surface area contributed by atoms with E-state index < -0.39 is 0 Å². The molecule has 2 heterocycles. The van der Waals surface area contributed by atoms with Gasteiger partial charge in [-0.15, -0.1) is 0 Å². The standard InChI is InChI=1S/C21H32N4OS/c1-17-12-18(2)15-25(14-17)20(26)16-23-8-10-24(11-9-23)21(27)22-13-19-6-4-3-5-7-19/h3-7,17-18H,8-16H2,1-2H3,(H,22,27)/t17-,18+. The van der Waals surface area contributed by atoms with Crippen molar-refractivity contribution in [3.8, 4) is 0 Å². The van der Waals surface area contributed by atoms with Crippen molar-refractivity contribution in [1.29, 1.82) is 0 Å². The van der Waals surface area contributed by atoms with Crippen molar-refractivity contribution in [2.75, 3.05) is 45.8 Å². The number of hydrogen-bond acceptors (Lipinski definition) is 3. The number of amides is 1. The molecule has 1 N–H and O–H groups in total. The maximum atomic E-state index is 12.7. The van der Waals surface area contributed by atoms with E-state index in [2.05, 4.69) is 46.0 Å². The normalized spacial score (nSPS) is 23.9. The summed E-state index contributed by atoms with van der Waals surface area (Å²) in [5, 5.41) is 4.16. The van der Waals surface area contributed by atoms with E-state index in [0.717, 1.165) is 50.9 Å². The molecule has 0 bridgehead atoms. The lowest BCUT2D eigenvalue weighted by Gasteiger charge is -2.39. The number of hydrogen-bond donors (Lipinski definition) is 1. The second kappa shape index (κ2) is 9.51. The summed E-state index contributed by atoms with van der Waals surface area (Å²) in [7, 11) is 0. The first-order valence-electron chi connectivity index (χ1n) is 10.1. The zero-order valence-electron chi connectivity index (χ0n) is 16.6. The summed E-state index contributed by atoms with van der Waals surface area (Å²) < 4.78 is 0. The number of piperidine rings is 1. The molecule has 2 atom stereocenters. The topological polar surface area (TPSA) is 38.8 Å². The SMILES string of the molecule is C[C@@H]1C[C@H](C)CN(C(=O)CN2CCN(C(=S)NCc3ccccc3)CC2)C1. The minimum atomic E-state index is 0.284. The molecule has 0 saturated carbocycles. The van der Waals surface area contributed by atoms with Gasteiger partial charge >= 0.3 is 0 Å². The van der Waals surface area contributed by atoms with Gasteiger partial charge in [0.25, 0.3) is 0 Å². The molecule has 0 radical (unpaired) electrons. The Hall–Kier alpha value is -1.66. The molecule has 3 rings (SSSR count). The number of carbonyl (C=O) groups excluding carboxylic acids is 1. The van der Waals surface area contributed by atoms with Gasteiger partial charge in [0.15, 0.2) is 5.11 Å². The third kappa shape index (κ3) is 5.91. The first kappa shape index (κ1) is 20.1. The van der Waals surface area contributed by atoms with Crippen molar-refractivity contribution in [3.05, 3.63) is 35.9 Å². The number of thiocarbonyl (C=S) groups is 1. The smallest absolute Gasteiger partial charge is 0.236 e. The van der Waals surface area contributed by atoms with Crippen molar-refractivity contribution in [2.24, 2.45) is 11.8 Å². The number of benzene rings is 1. The van der Waals surface area contributed by atoms with Gasteiger partial charge in [0.05, 0.1) is 6.54 Å². The summed E-state index contributed by atoms with van der Waals surface area (Å²) in [6.45, 7) is 11.1. The van der Waals surface area contributed by atoms with Gasteiger partial charge in [0.1, 0.15) is 0 Å². The molecule has 2 fully saturated rings. The highest BCUT2D eigenvalue weighted by Crippen LogP contribution is 2.21. The molecule has 1 aromatic rings. The molecule has 6 heteroatoms. The highest BCUT2D eigenvalue weighted by Gasteiger charge is 2.27. The van der Waals surface area contributed by atoms with Gasteiger partial charge in [0, 0.05) is 45.8 Å². The minimum Gasteiger partial charge on any atom is -0.358 e. The lowest BCUT2D eigenvalue weighted by atomic mass is 9.92. The average molecular weight is 389 g/mol. The zero-order chi connectivity index (χ0) is 19.2. The number of carbonyl (C=O) groups is 1. The Morgan fingerprint density at radius 1 is 1.04 bits per heavy atom. The number of likely N-dealkylation sites (tertiary alicyclic amines) is 1. The van der Waals surface area contributed by atoms with Gasteiger partial charge in [-0.3, -0.25) is 9.69 Å². The number of rotatable bonds is 4. The van der Waals surface area contributed by atoms with Crippen LogP contribution in [-0.2, 0) is 11.3 Å². The van der Waals surface area contributed by atoms with Crippen LogP contribution in [0.15, 0.2) is 30.3 Å². The average Bonchev–Trinajstić information content (AvgIpc) is 2.66. The molecule has 0 aliphatic carbocycles. The molecule has 0 aromatic heterocycles. The fraction of sp³-hybridized carbons (Fsp3) is 0.619. The van der Waals surface area contributed by atoms with Gasteiger partial charge < -0.3 is 15.1 Å². The van der Waals surface area contributed by atoms with Crippen LogP contribution in [0.4, 0.5) is 0 Å². The van der Waals surface area contributed by atoms with Crippen molar-refractivity contribution in [1.82, 2.24) is 20.0 Å². The Bertz CT molecular complexity index is 620. The molecule has 0 spiro atoms. The summed E-state index contributed by atoms with van der Waals surface area (Å²) in [5.41, 5.74) is 1.23. The van der Waals surface area contributed by atoms with E-state index in [9.17, 15) is 4.79 Å². The fourth-order valence-electron chi connectivity index (χ4n) is 4.15. The maximum absolute atomic E-state index is 12.7. The van der Waals surface area contributed by atoms with Crippen LogP contribution in [-0.4, -0.2) is 71.5 Å². The minimum absolute atomic E-state index is 0.284. The monoisotopic (exact) mass is 388 g/mol. The Balaban J connectivity index is 1.39. The van der Waals surface area contributed by atoms with Crippen LogP contribution in [0.3, 0.4) is 0 Å². The molecular formula is C21H32N4OS. The second-order valence-electron chi connectivity index (χ2n) is 8.15. The van der Waals surface area contributed by atoms with Gasteiger partial charge in [0.2, 0.25) is 5.91 Å². The Kier molecular flexibility index (Phi) is 7.07.